The molecule has 0 bridgehead atoms. The van der Waals surface area contributed by atoms with Gasteiger partial charge in [-0.3, -0.25) is 0 Å². The van der Waals surface area contributed by atoms with E-state index in [1.165, 1.54) is 11.3 Å². The fourth-order valence-corrected chi connectivity index (χ4v) is 3.80. The SMILES string of the molecule is Cc1nnc(CC2(S(=O)(=O)Cl)CC2)s1. The smallest absolute Gasteiger partial charge is 0.212 e. The van der Waals surface area contributed by atoms with Gasteiger partial charge in [0, 0.05) is 17.1 Å². The van der Waals surface area contributed by atoms with Gasteiger partial charge < -0.3 is 0 Å². The van der Waals surface area contributed by atoms with Crippen molar-refractivity contribution in [3.05, 3.63) is 10.0 Å². The lowest BCUT2D eigenvalue weighted by Gasteiger charge is -2.07. The van der Waals surface area contributed by atoms with E-state index in [4.69, 9.17) is 10.7 Å². The van der Waals surface area contributed by atoms with E-state index in [-0.39, 0.29) is 0 Å². The van der Waals surface area contributed by atoms with Gasteiger partial charge in [-0.15, -0.1) is 21.5 Å². The molecule has 0 aliphatic heterocycles. The molecule has 1 heterocycles. The summed E-state index contributed by atoms with van der Waals surface area (Å²) < 4.78 is 21.7. The topological polar surface area (TPSA) is 59.9 Å². The van der Waals surface area contributed by atoms with Crippen LogP contribution in [0.3, 0.4) is 0 Å². The van der Waals surface area contributed by atoms with E-state index in [1.54, 1.807) is 0 Å². The number of halogens is 1. The standard InChI is InChI=1S/C7H9ClN2O2S2/c1-5-9-10-6(13-5)4-7(2-3-7)14(8,11)12/h2-4H2,1H3. The van der Waals surface area contributed by atoms with E-state index in [2.05, 4.69) is 10.2 Å². The highest BCUT2D eigenvalue weighted by Crippen LogP contribution is 2.48. The second-order valence-electron chi connectivity index (χ2n) is 3.51. The first-order chi connectivity index (χ1) is 6.43. The molecule has 1 aliphatic rings. The highest BCUT2D eigenvalue weighted by molar-refractivity contribution is 8.15. The maximum Gasteiger partial charge on any atom is 0.238 e. The van der Waals surface area contributed by atoms with Crippen molar-refractivity contribution >= 4 is 31.1 Å². The molecule has 0 amide bonds. The summed E-state index contributed by atoms with van der Waals surface area (Å²) in [5.74, 6) is 0. The molecule has 0 aromatic carbocycles. The summed E-state index contributed by atoms with van der Waals surface area (Å²) in [6.07, 6.45) is 1.68. The van der Waals surface area contributed by atoms with Crippen molar-refractivity contribution in [2.24, 2.45) is 0 Å². The van der Waals surface area contributed by atoms with Gasteiger partial charge in [-0.25, -0.2) is 8.42 Å². The number of rotatable bonds is 3. The summed E-state index contributed by atoms with van der Waals surface area (Å²) in [7, 11) is 1.90. The quantitative estimate of drug-likeness (QED) is 0.765. The Bertz CT molecular complexity index is 450. The van der Waals surface area contributed by atoms with Crippen LogP contribution in [-0.4, -0.2) is 23.4 Å². The van der Waals surface area contributed by atoms with Gasteiger partial charge in [-0.05, 0) is 19.8 Å². The second-order valence-corrected chi connectivity index (χ2v) is 7.74. The van der Waals surface area contributed by atoms with Gasteiger partial charge in [0.2, 0.25) is 9.05 Å². The fourth-order valence-electron chi connectivity index (χ4n) is 1.33. The predicted molar refractivity (Wildman–Crippen MR) is 55.1 cm³/mol. The Morgan fingerprint density at radius 1 is 1.50 bits per heavy atom. The molecule has 1 aromatic rings. The summed E-state index contributed by atoms with van der Waals surface area (Å²) in [6.45, 7) is 1.84. The first-order valence-corrected chi connectivity index (χ1v) is 7.29. The zero-order chi connectivity index (χ0) is 10.4. The van der Waals surface area contributed by atoms with Crippen molar-refractivity contribution in [3.8, 4) is 0 Å². The van der Waals surface area contributed by atoms with E-state index in [9.17, 15) is 8.42 Å². The minimum absolute atomic E-state index is 0.407. The first kappa shape index (κ1) is 10.3. The fraction of sp³-hybridized carbons (Fsp3) is 0.714. The molecule has 1 aliphatic carbocycles. The summed E-state index contributed by atoms with van der Waals surface area (Å²) in [6, 6.07) is 0. The van der Waals surface area contributed by atoms with Gasteiger partial charge in [0.15, 0.2) is 0 Å². The third-order valence-electron chi connectivity index (χ3n) is 2.37. The average molecular weight is 253 g/mol. The Kier molecular flexibility index (Phi) is 2.32. The molecule has 4 nitrogen and oxygen atoms in total. The third kappa shape index (κ3) is 1.78. The Morgan fingerprint density at radius 3 is 2.50 bits per heavy atom. The molecule has 0 saturated heterocycles. The molecule has 7 heteroatoms. The largest absolute Gasteiger partial charge is 0.238 e. The Hall–Kier alpha value is -0.200. The zero-order valence-corrected chi connectivity index (χ0v) is 9.92. The number of nitrogens with zero attached hydrogens (tertiary/aromatic N) is 2. The van der Waals surface area contributed by atoms with E-state index in [1.807, 2.05) is 6.92 Å². The lowest BCUT2D eigenvalue weighted by atomic mass is 10.3. The molecule has 0 spiro atoms. The number of aryl methyl sites for hydroxylation is 1. The molecular formula is C7H9ClN2O2S2. The molecule has 78 valence electrons. The zero-order valence-electron chi connectivity index (χ0n) is 7.53. The highest BCUT2D eigenvalue weighted by atomic mass is 35.7. The highest BCUT2D eigenvalue weighted by Gasteiger charge is 2.54. The van der Waals surface area contributed by atoms with E-state index >= 15 is 0 Å². The minimum atomic E-state index is -3.47. The Morgan fingerprint density at radius 2 is 2.14 bits per heavy atom. The lowest BCUT2D eigenvalue weighted by molar-refractivity contribution is 0.589. The average Bonchev–Trinajstić information content (AvgIpc) is 2.71. The molecule has 14 heavy (non-hydrogen) atoms. The van der Waals surface area contributed by atoms with Crippen molar-refractivity contribution in [3.63, 3.8) is 0 Å². The molecule has 2 rings (SSSR count). The molecule has 0 N–H and O–H groups in total. The van der Waals surface area contributed by atoms with Crippen molar-refractivity contribution in [1.82, 2.24) is 10.2 Å². The van der Waals surface area contributed by atoms with Gasteiger partial charge in [-0.2, -0.15) is 0 Å². The van der Waals surface area contributed by atoms with Crippen LogP contribution in [-0.2, 0) is 15.5 Å². The summed E-state index contributed by atoms with van der Waals surface area (Å²) in [5, 5.41) is 9.34. The summed E-state index contributed by atoms with van der Waals surface area (Å²) in [4.78, 5) is 0. The van der Waals surface area contributed by atoms with E-state index in [0.717, 1.165) is 10.0 Å². The summed E-state index contributed by atoms with van der Waals surface area (Å²) >= 11 is 1.43. The third-order valence-corrected chi connectivity index (χ3v) is 5.77. The molecule has 0 radical (unpaired) electrons. The van der Waals surface area contributed by atoms with Gasteiger partial charge in [0.25, 0.3) is 0 Å². The van der Waals surface area contributed by atoms with Gasteiger partial charge in [0.1, 0.15) is 10.0 Å². The predicted octanol–water partition coefficient (Wildman–Crippen LogP) is 1.49. The van der Waals surface area contributed by atoms with Crippen molar-refractivity contribution in [1.29, 1.82) is 0 Å². The van der Waals surface area contributed by atoms with Crippen molar-refractivity contribution in [2.75, 3.05) is 0 Å². The van der Waals surface area contributed by atoms with Crippen LogP contribution in [0.4, 0.5) is 0 Å². The second kappa shape index (κ2) is 3.15. The number of hydrogen-bond acceptors (Lipinski definition) is 5. The van der Waals surface area contributed by atoms with Gasteiger partial charge in [0.05, 0.1) is 4.75 Å². The van der Waals surface area contributed by atoms with E-state index in [0.29, 0.717) is 19.3 Å². The van der Waals surface area contributed by atoms with Crippen molar-refractivity contribution in [2.45, 2.75) is 30.9 Å². The normalized spacial score (nSPS) is 19.6. The summed E-state index contributed by atoms with van der Waals surface area (Å²) in [5.41, 5.74) is 0. The molecule has 1 aromatic heterocycles. The maximum absolute atomic E-state index is 11.2. The van der Waals surface area contributed by atoms with Gasteiger partial charge in [-0.1, -0.05) is 0 Å². The van der Waals surface area contributed by atoms with E-state index < -0.39 is 13.8 Å². The first-order valence-electron chi connectivity index (χ1n) is 4.16. The van der Waals surface area contributed by atoms with Crippen LogP contribution < -0.4 is 0 Å². The molecule has 0 atom stereocenters. The number of aromatic nitrogens is 2. The van der Waals surface area contributed by atoms with Crippen LogP contribution in [0.5, 0.6) is 0 Å². The number of hydrogen-bond donors (Lipinski definition) is 0. The van der Waals surface area contributed by atoms with Crippen LogP contribution in [0, 0.1) is 6.92 Å². The lowest BCUT2D eigenvalue weighted by Crippen LogP contribution is -2.20. The van der Waals surface area contributed by atoms with Crippen molar-refractivity contribution < 1.29 is 8.42 Å². The monoisotopic (exact) mass is 252 g/mol. The van der Waals surface area contributed by atoms with Crippen LogP contribution >= 0.6 is 22.0 Å². The van der Waals surface area contributed by atoms with Gasteiger partial charge >= 0.3 is 0 Å². The van der Waals surface area contributed by atoms with Crippen LogP contribution in [0.1, 0.15) is 22.9 Å². The van der Waals surface area contributed by atoms with Crippen LogP contribution in [0.2, 0.25) is 0 Å². The molecular weight excluding hydrogens is 244 g/mol. The maximum atomic E-state index is 11.2. The molecule has 1 saturated carbocycles. The van der Waals surface area contributed by atoms with Crippen LogP contribution in [0.25, 0.3) is 0 Å². The van der Waals surface area contributed by atoms with Crippen LogP contribution in [0.15, 0.2) is 0 Å². The molecule has 1 fully saturated rings. The molecule has 0 unspecified atom stereocenters. The Labute approximate surface area is 90.7 Å². The minimum Gasteiger partial charge on any atom is -0.212 e. The Balaban J connectivity index is 2.20.